The van der Waals surface area contributed by atoms with Gasteiger partial charge in [-0.2, -0.15) is 0 Å². The second-order valence-corrected chi connectivity index (χ2v) is 7.16. The number of hydrogen-bond acceptors (Lipinski definition) is 3. The number of aromatic nitrogens is 3. The van der Waals surface area contributed by atoms with Crippen LogP contribution in [0.15, 0.2) is 6.33 Å². The van der Waals surface area contributed by atoms with E-state index in [4.69, 9.17) is 0 Å². The molecule has 23 heavy (non-hydrogen) atoms. The van der Waals surface area contributed by atoms with Crippen molar-refractivity contribution in [1.82, 2.24) is 19.7 Å². The summed E-state index contributed by atoms with van der Waals surface area (Å²) in [4.78, 5) is 14.9. The van der Waals surface area contributed by atoms with Gasteiger partial charge in [-0.25, -0.2) is 0 Å². The predicted molar refractivity (Wildman–Crippen MR) is 89.9 cm³/mol. The van der Waals surface area contributed by atoms with E-state index in [2.05, 4.69) is 26.6 Å². The van der Waals surface area contributed by atoms with E-state index in [0.29, 0.717) is 17.9 Å². The van der Waals surface area contributed by atoms with Crippen molar-refractivity contribution in [3.05, 3.63) is 12.2 Å². The molecule has 1 saturated heterocycles. The average Bonchev–Trinajstić information content (AvgIpc) is 3.22. The molecule has 2 heterocycles. The number of nitrogens with zero attached hydrogens (tertiary/aromatic N) is 4. The highest BCUT2D eigenvalue weighted by atomic mass is 16.2. The van der Waals surface area contributed by atoms with E-state index in [-0.39, 0.29) is 0 Å². The second kappa shape index (κ2) is 7.93. The summed E-state index contributed by atoms with van der Waals surface area (Å²) in [5, 5.41) is 8.22. The zero-order valence-electron chi connectivity index (χ0n) is 14.4. The van der Waals surface area contributed by atoms with Gasteiger partial charge >= 0.3 is 0 Å². The van der Waals surface area contributed by atoms with E-state index in [1.54, 1.807) is 6.33 Å². The topological polar surface area (TPSA) is 51.0 Å². The maximum absolute atomic E-state index is 12.7. The number of carbonyl (C=O) groups excluding carboxylic acids is 1. The minimum Gasteiger partial charge on any atom is -0.340 e. The Morgan fingerprint density at radius 1 is 1.22 bits per heavy atom. The first-order chi connectivity index (χ1) is 11.3. The van der Waals surface area contributed by atoms with Crippen LogP contribution in [0.2, 0.25) is 0 Å². The fraction of sp³-hybridized carbons (Fsp3) is 0.833. The summed E-state index contributed by atoms with van der Waals surface area (Å²) in [7, 11) is 0. The van der Waals surface area contributed by atoms with Crippen molar-refractivity contribution in [2.75, 3.05) is 6.54 Å². The van der Waals surface area contributed by atoms with Gasteiger partial charge in [-0.3, -0.25) is 4.79 Å². The van der Waals surface area contributed by atoms with Crippen LogP contribution in [0.4, 0.5) is 0 Å². The molecular formula is C18H30N4O. The Bertz CT molecular complexity index is 507. The van der Waals surface area contributed by atoms with Crippen molar-refractivity contribution in [3.63, 3.8) is 0 Å². The molecule has 1 aromatic rings. The van der Waals surface area contributed by atoms with Gasteiger partial charge in [0, 0.05) is 32.0 Å². The van der Waals surface area contributed by atoms with Gasteiger partial charge in [0.15, 0.2) is 0 Å². The van der Waals surface area contributed by atoms with Crippen LogP contribution in [0.5, 0.6) is 0 Å². The number of aryl methyl sites for hydroxylation is 2. The van der Waals surface area contributed by atoms with Gasteiger partial charge < -0.3 is 9.47 Å². The standard InChI is InChI=1S/C18H30N4O/c1-2-21-14-19-20-17(21)11-10-16-9-6-12-22(16)18(23)13-15-7-4-3-5-8-15/h14-16H,2-13H2,1H3. The third-order valence-electron chi connectivity index (χ3n) is 5.62. The molecule has 0 N–H and O–H groups in total. The molecule has 0 radical (unpaired) electrons. The predicted octanol–water partition coefficient (Wildman–Crippen LogP) is 3.19. The van der Waals surface area contributed by atoms with Gasteiger partial charge in [0.05, 0.1) is 0 Å². The molecule has 1 amide bonds. The van der Waals surface area contributed by atoms with Crippen molar-refractivity contribution < 1.29 is 4.79 Å². The zero-order chi connectivity index (χ0) is 16.1. The van der Waals surface area contributed by atoms with Gasteiger partial charge in [-0.05, 0) is 44.9 Å². The fourth-order valence-electron chi connectivity index (χ4n) is 4.25. The molecule has 1 unspecified atom stereocenters. The normalized spacial score (nSPS) is 22.7. The molecule has 128 valence electrons. The number of hydrogen-bond donors (Lipinski definition) is 0. The molecule has 3 rings (SSSR count). The van der Waals surface area contributed by atoms with Crippen LogP contribution in [-0.2, 0) is 17.8 Å². The Hall–Kier alpha value is -1.39. The van der Waals surface area contributed by atoms with Gasteiger partial charge in [0.2, 0.25) is 5.91 Å². The van der Waals surface area contributed by atoms with Crippen molar-refractivity contribution in [2.45, 2.75) is 83.7 Å². The van der Waals surface area contributed by atoms with E-state index >= 15 is 0 Å². The van der Waals surface area contributed by atoms with E-state index in [1.165, 1.54) is 32.1 Å². The molecular weight excluding hydrogens is 288 g/mol. The van der Waals surface area contributed by atoms with Crippen molar-refractivity contribution >= 4 is 5.91 Å². The van der Waals surface area contributed by atoms with Gasteiger partial charge in [-0.15, -0.1) is 10.2 Å². The van der Waals surface area contributed by atoms with Crippen LogP contribution in [-0.4, -0.2) is 38.2 Å². The lowest BCUT2D eigenvalue weighted by Gasteiger charge is -2.28. The SMILES string of the molecule is CCn1cnnc1CCC1CCCN1C(=O)CC1CCCCC1. The zero-order valence-corrected chi connectivity index (χ0v) is 14.4. The molecule has 0 spiro atoms. The van der Waals surface area contributed by atoms with Crippen LogP contribution >= 0.6 is 0 Å². The lowest BCUT2D eigenvalue weighted by molar-refractivity contribution is -0.133. The van der Waals surface area contributed by atoms with Crippen molar-refractivity contribution in [3.8, 4) is 0 Å². The Balaban J connectivity index is 1.51. The molecule has 1 aromatic heterocycles. The Morgan fingerprint density at radius 2 is 2.04 bits per heavy atom. The van der Waals surface area contributed by atoms with Crippen molar-refractivity contribution in [2.24, 2.45) is 5.92 Å². The number of rotatable bonds is 6. The van der Waals surface area contributed by atoms with Crippen LogP contribution in [0.3, 0.4) is 0 Å². The number of carbonyl (C=O) groups is 1. The fourth-order valence-corrected chi connectivity index (χ4v) is 4.25. The Labute approximate surface area is 139 Å². The minimum atomic E-state index is 0.399. The highest BCUT2D eigenvalue weighted by molar-refractivity contribution is 5.77. The quantitative estimate of drug-likeness (QED) is 0.809. The molecule has 1 aliphatic heterocycles. The first-order valence-electron chi connectivity index (χ1n) is 9.44. The third kappa shape index (κ3) is 4.12. The molecule has 5 heteroatoms. The van der Waals surface area contributed by atoms with Crippen LogP contribution in [0.1, 0.15) is 70.5 Å². The first-order valence-corrected chi connectivity index (χ1v) is 9.44. The van der Waals surface area contributed by atoms with E-state index in [1.807, 2.05) is 0 Å². The summed E-state index contributed by atoms with van der Waals surface area (Å²) in [5.41, 5.74) is 0. The van der Waals surface area contributed by atoms with Gasteiger partial charge in [-0.1, -0.05) is 19.3 Å². The molecule has 2 aliphatic rings. The van der Waals surface area contributed by atoms with Crippen molar-refractivity contribution in [1.29, 1.82) is 0 Å². The highest BCUT2D eigenvalue weighted by Gasteiger charge is 2.30. The second-order valence-electron chi connectivity index (χ2n) is 7.16. The van der Waals surface area contributed by atoms with Gasteiger partial charge in [0.1, 0.15) is 12.2 Å². The summed E-state index contributed by atoms with van der Waals surface area (Å²) in [5.74, 6) is 2.09. The van der Waals surface area contributed by atoms with Crippen LogP contribution < -0.4 is 0 Å². The molecule has 5 nitrogen and oxygen atoms in total. The smallest absolute Gasteiger partial charge is 0.223 e. The molecule has 1 aliphatic carbocycles. The van der Waals surface area contributed by atoms with E-state index in [9.17, 15) is 4.79 Å². The summed E-state index contributed by atoms with van der Waals surface area (Å²) >= 11 is 0. The summed E-state index contributed by atoms with van der Waals surface area (Å²) in [6, 6.07) is 0.410. The molecule has 0 aromatic carbocycles. The largest absolute Gasteiger partial charge is 0.340 e. The molecule has 1 atom stereocenters. The molecule has 1 saturated carbocycles. The molecule has 0 bridgehead atoms. The third-order valence-corrected chi connectivity index (χ3v) is 5.62. The van der Waals surface area contributed by atoms with Crippen LogP contribution in [0, 0.1) is 5.92 Å². The monoisotopic (exact) mass is 318 g/mol. The maximum atomic E-state index is 12.7. The lowest BCUT2D eigenvalue weighted by Crippen LogP contribution is -2.37. The van der Waals surface area contributed by atoms with E-state index in [0.717, 1.165) is 51.0 Å². The van der Waals surface area contributed by atoms with Gasteiger partial charge in [0.25, 0.3) is 0 Å². The highest BCUT2D eigenvalue weighted by Crippen LogP contribution is 2.29. The van der Waals surface area contributed by atoms with E-state index < -0.39 is 0 Å². The number of amides is 1. The Kier molecular flexibility index (Phi) is 5.68. The minimum absolute atomic E-state index is 0.399. The Morgan fingerprint density at radius 3 is 2.83 bits per heavy atom. The molecule has 2 fully saturated rings. The maximum Gasteiger partial charge on any atom is 0.223 e. The summed E-state index contributed by atoms with van der Waals surface area (Å²) in [6.07, 6.45) is 13.3. The average molecular weight is 318 g/mol. The summed E-state index contributed by atoms with van der Waals surface area (Å²) < 4.78 is 2.10. The number of likely N-dealkylation sites (tertiary alicyclic amines) is 1. The lowest BCUT2D eigenvalue weighted by atomic mass is 9.86. The summed E-state index contributed by atoms with van der Waals surface area (Å²) in [6.45, 7) is 3.98. The van der Waals surface area contributed by atoms with Crippen LogP contribution in [0.25, 0.3) is 0 Å². The first kappa shape index (κ1) is 16.5.